The maximum absolute atomic E-state index is 12.2. The number of hydrogen-bond donors (Lipinski definition) is 1. The van der Waals surface area contributed by atoms with Crippen LogP contribution >= 0.6 is 0 Å². The highest BCUT2D eigenvalue weighted by atomic mass is 16.2. The molecule has 3 rings (SSSR count). The van der Waals surface area contributed by atoms with Crippen molar-refractivity contribution in [1.82, 2.24) is 9.88 Å². The van der Waals surface area contributed by atoms with Crippen LogP contribution in [0.5, 0.6) is 0 Å². The Kier molecular flexibility index (Phi) is 2.36. The van der Waals surface area contributed by atoms with Gasteiger partial charge in [-0.05, 0) is 18.9 Å². The normalized spacial score (nSPS) is 20.7. The first kappa shape index (κ1) is 11.2. The van der Waals surface area contributed by atoms with Gasteiger partial charge in [-0.25, -0.2) is 4.98 Å². The van der Waals surface area contributed by atoms with Crippen molar-refractivity contribution in [2.24, 2.45) is 0 Å². The molecule has 1 fully saturated rings. The van der Waals surface area contributed by atoms with E-state index in [4.69, 9.17) is 0 Å². The van der Waals surface area contributed by atoms with Gasteiger partial charge < -0.3 is 10.2 Å². The first-order valence-electron chi connectivity index (χ1n) is 6.16. The molecule has 1 saturated heterocycles. The van der Waals surface area contributed by atoms with Crippen molar-refractivity contribution in [1.29, 1.82) is 0 Å². The van der Waals surface area contributed by atoms with Gasteiger partial charge in [-0.1, -0.05) is 6.07 Å². The molecule has 5 nitrogen and oxygen atoms in total. The molecule has 1 aromatic rings. The molecule has 2 aliphatic heterocycles. The fourth-order valence-electron chi connectivity index (χ4n) is 2.94. The van der Waals surface area contributed by atoms with E-state index in [1.165, 1.54) is 0 Å². The molecule has 1 aromatic heterocycles. The summed E-state index contributed by atoms with van der Waals surface area (Å²) < 4.78 is 0. The van der Waals surface area contributed by atoms with Crippen LogP contribution in [0.25, 0.3) is 0 Å². The summed E-state index contributed by atoms with van der Waals surface area (Å²) in [5.41, 5.74) is 0.508. The van der Waals surface area contributed by atoms with Crippen molar-refractivity contribution in [3.8, 4) is 0 Å². The summed E-state index contributed by atoms with van der Waals surface area (Å²) >= 11 is 0. The van der Waals surface area contributed by atoms with E-state index in [1.807, 2.05) is 12.1 Å². The third-order valence-electron chi connectivity index (χ3n) is 4.05. The number of carbonyl (C=O) groups is 2. The Labute approximate surface area is 105 Å². The van der Waals surface area contributed by atoms with Crippen LogP contribution in [0, 0.1) is 0 Å². The van der Waals surface area contributed by atoms with E-state index in [0.29, 0.717) is 31.7 Å². The zero-order valence-electron chi connectivity index (χ0n) is 10.3. The Hall–Kier alpha value is -1.91. The van der Waals surface area contributed by atoms with Crippen molar-refractivity contribution in [3.63, 3.8) is 0 Å². The zero-order chi connectivity index (χ0) is 12.8. The standard InChI is InChI=1S/C13H15N3O2/c1-9(17)16-7-4-13(5-8-16)10-3-2-6-14-11(10)15-12(13)18/h2-3,6H,4-5,7-8H2,1H3,(H,14,15,18). The van der Waals surface area contributed by atoms with Crippen molar-refractivity contribution >= 4 is 17.6 Å². The number of hydrogen-bond acceptors (Lipinski definition) is 3. The summed E-state index contributed by atoms with van der Waals surface area (Å²) in [6.07, 6.45) is 3.04. The molecule has 0 aliphatic carbocycles. The topological polar surface area (TPSA) is 62.3 Å². The van der Waals surface area contributed by atoms with Gasteiger partial charge in [0.25, 0.3) is 0 Å². The van der Waals surface area contributed by atoms with Crippen LogP contribution in [0.1, 0.15) is 25.3 Å². The third kappa shape index (κ3) is 1.43. The number of nitrogens with zero attached hydrogens (tertiary/aromatic N) is 2. The molecule has 1 N–H and O–H groups in total. The summed E-state index contributed by atoms with van der Waals surface area (Å²) in [5.74, 6) is 0.785. The molecule has 0 unspecified atom stereocenters. The predicted octanol–water partition coefficient (Wildman–Crippen LogP) is 0.914. The molecule has 0 bridgehead atoms. The Morgan fingerprint density at radius 3 is 2.83 bits per heavy atom. The second-order valence-electron chi connectivity index (χ2n) is 4.94. The lowest BCUT2D eigenvalue weighted by Crippen LogP contribution is -2.47. The van der Waals surface area contributed by atoms with Gasteiger partial charge in [0.2, 0.25) is 11.8 Å². The highest BCUT2D eigenvalue weighted by Gasteiger charge is 2.49. The number of rotatable bonds is 0. The summed E-state index contributed by atoms with van der Waals surface area (Å²) in [4.78, 5) is 29.6. The lowest BCUT2D eigenvalue weighted by atomic mass is 9.74. The maximum Gasteiger partial charge on any atom is 0.236 e. The lowest BCUT2D eigenvalue weighted by Gasteiger charge is -2.37. The molecule has 3 heterocycles. The second-order valence-corrected chi connectivity index (χ2v) is 4.94. The van der Waals surface area contributed by atoms with Gasteiger partial charge in [0.1, 0.15) is 5.82 Å². The second kappa shape index (κ2) is 3.80. The number of nitrogens with one attached hydrogen (secondary N) is 1. The minimum atomic E-state index is -0.477. The van der Waals surface area contributed by atoms with Crippen LogP contribution in [0.4, 0.5) is 5.82 Å². The minimum absolute atomic E-state index is 0.0272. The molecule has 2 aliphatic rings. The Morgan fingerprint density at radius 1 is 1.44 bits per heavy atom. The molecule has 0 saturated carbocycles. The van der Waals surface area contributed by atoms with Gasteiger partial charge in [-0.15, -0.1) is 0 Å². The quantitative estimate of drug-likeness (QED) is 0.739. The highest BCUT2D eigenvalue weighted by molar-refractivity contribution is 6.05. The fourth-order valence-corrected chi connectivity index (χ4v) is 2.94. The van der Waals surface area contributed by atoms with Crippen LogP contribution in [0.3, 0.4) is 0 Å². The van der Waals surface area contributed by atoms with Gasteiger partial charge in [0.05, 0.1) is 5.41 Å². The largest absolute Gasteiger partial charge is 0.343 e. The SMILES string of the molecule is CC(=O)N1CCC2(CC1)C(=O)Nc1ncccc12. The first-order chi connectivity index (χ1) is 8.63. The van der Waals surface area contributed by atoms with Crippen LogP contribution in [-0.4, -0.2) is 34.8 Å². The van der Waals surface area contributed by atoms with E-state index in [2.05, 4.69) is 10.3 Å². The summed E-state index contributed by atoms with van der Waals surface area (Å²) in [6, 6.07) is 3.82. The van der Waals surface area contributed by atoms with Gasteiger partial charge in [0, 0.05) is 31.8 Å². The van der Waals surface area contributed by atoms with Crippen LogP contribution in [0.15, 0.2) is 18.3 Å². The van der Waals surface area contributed by atoms with E-state index in [1.54, 1.807) is 18.0 Å². The number of anilines is 1. The third-order valence-corrected chi connectivity index (χ3v) is 4.05. The number of pyridine rings is 1. The van der Waals surface area contributed by atoms with Crippen molar-refractivity contribution in [2.45, 2.75) is 25.2 Å². The van der Waals surface area contributed by atoms with Gasteiger partial charge in [-0.3, -0.25) is 9.59 Å². The molecular weight excluding hydrogens is 230 g/mol. The Balaban J connectivity index is 1.93. The number of carbonyl (C=O) groups excluding carboxylic acids is 2. The van der Waals surface area contributed by atoms with E-state index < -0.39 is 5.41 Å². The average molecular weight is 245 g/mol. The van der Waals surface area contributed by atoms with Gasteiger partial charge in [-0.2, -0.15) is 0 Å². The molecule has 0 radical (unpaired) electrons. The lowest BCUT2D eigenvalue weighted by molar-refractivity contribution is -0.133. The molecule has 0 atom stereocenters. The Bertz CT molecular complexity index is 519. The smallest absolute Gasteiger partial charge is 0.236 e. The van der Waals surface area contributed by atoms with E-state index >= 15 is 0 Å². The van der Waals surface area contributed by atoms with Crippen LogP contribution in [-0.2, 0) is 15.0 Å². The first-order valence-corrected chi connectivity index (χ1v) is 6.16. The molecule has 18 heavy (non-hydrogen) atoms. The molecule has 2 amide bonds. The molecule has 5 heteroatoms. The monoisotopic (exact) mass is 245 g/mol. The molecule has 0 aromatic carbocycles. The molecule has 1 spiro atoms. The molecular formula is C13H15N3O2. The van der Waals surface area contributed by atoms with Crippen LogP contribution in [0.2, 0.25) is 0 Å². The van der Waals surface area contributed by atoms with E-state index in [-0.39, 0.29) is 11.8 Å². The van der Waals surface area contributed by atoms with E-state index in [9.17, 15) is 9.59 Å². The van der Waals surface area contributed by atoms with Crippen molar-refractivity contribution in [2.75, 3.05) is 18.4 Å². The van der Waals surface area contributed by atoms with Gasteiger partial charge in [0.15, 0.2) is 0 Å². The number of amides is 2. The summed E-state index contributed by atoms with van der Waals surface area (Å²) in [5, 5.41) is 2.85. The van der Waals surface area contributed by atoms with E-state index in [0.717, 1.165) is 5.56 Å². The Morgan fingerprint density at radius 2 is 2.17 bits per heavy atom. The summed E-state index contributed by atoms with van der Waals surface area (Å²) in [7, 11) is 0. The number of aromatic nitrogens is 1. The highest BCUT2D eigenvalue weighted by Crippen LogP contribution is 2.43. The fraction of sp³-hybridized carbons (Fsp3) is 0.462. The zero-order valence-corrected chi connectivity index (χ0v) is 10.3. The van der Waals surface area contributed by atoms with Gasteiger partial charge >= 0.3 is 0 Å². The number of fused-ring (bicyclic) bond motifs is 2. The summed E-state index contributed by atoms with van der Waals surface area (Å²) in [6.45, 7) is 2.84. The predicted molar refractivity (Wildman–Crippen MR) is 66.0 cm³/mol. The minimum Gasteiger partial charge on any atom is -0.343 e. The van der Waals surface area contributed by atoms with Crippen molar-refractivity contribution < 1.29 is 9.59 Å². The van der Waals surface area contributed by atoms with Crippen LogP contribution < -0.4 is 5.32 Å². The maximum atomic E-state index is 12.2. The van der Waals surface area contributed by atoms with Crippen molar-refractivity contribution in [3.05, 3.63) is 23.9 Å². The number of likely N-dealkylation sites (tertiary alicyclic amines) is 1. The molecule has 94 valence electrons. The number of piperidine rings is 1. The average Bonchev–Trinajstić information content (AvgIpc) is 2.64.